The predicted octanol–water partition coefficient (Wildman–Crippen LogP) is 2.14. The summed E-state index contributed by atoms with van der Waals surface area (Å²) >= 11 is 0. The van der Waals surface area contributed by atoms with Gasteiger partial charge in [0, 0.05) is 27.7 Å². The fraction of sp³-hybridized carbons (Fsp3) is 0.471. The summed E-state index contributed by atoms with van der Waals surface area (Å²) in [6.45, 7) is 3.81. The van der Waals surface area contributed by atoms with Gasteiger partial charge in [0.15, 0.2) is 5.96 Å². The van der Waals surface area contributed by atoms with E-state index >= 15 is 0 Å². The average Bonchev–Trinajstić information content (AvgIpc) is 2.54. The minimum absolute atomic E-state index is 0.331. The number of nitrogens with one attached hydrogen (secondary N) is 1. The van der Waals surface area contributed by atoms with Crippen LogP contribution in [0, 0.1) is 0 Å². The lowest BCUT2D eigenvalue weighted by atomic mass is 10.2. The number of rotatable bonds is 6. The first-order valence-corrected chi connectivity index (χ1v) is 7.69. The van der Waals surface area contributed by atoms with Crippen LogP contribution >= 0.6 is 0 Å². The SMILES string of the molecule is CN=C1NC(N(C)CCCOc2ccccc2)=CC(C)N1C. The first-order chi connectivity index (χ1) is 10.6. The molecule has 5 nitrogen and oxygen atoms in total. The van der Waals surface area contributed by atoms with Crippen molar-refractivity contribution in [1.29, 1.82) is 0 Å². The second-order valence-electron chi connectivity index (χ2n) is 5.51. The van der Waals surface area contributed by atoms with E-state index in [-0.39, 0.29) is 0 Å². The molecule has 0 fully saturated rings. The molecule has 1 N–H and O–H groups in total. The fourth-order valence-electron chi connectivity index (χ4n) is 2.34. The van der Waals surface area contributed by atoms with E-state index in [4.69, 9.17) is 4.74 Å². The molecule has 1 atom stereocenters. The summed E-state index contributed by atoms with van der Waals surface area (Å²) in [6.07, 6.45) is 3.18. The zero-order valence-electron chi connectivity index (χ0n) is 13.9. The van der Waals surface area contributed by atoms with E-state index in [1.165, 1.54) is 0 Å². The Morgan fingerprint density at radius 1 is 1.32 bits per heavy atom. The molecule has 0 saturated carbocycles. The number of guanidine groups is 1. The Bertz CT molecular complexity index is 527. The Kier molecular flexibility index (Phi) is 5.69. The molecule has 1 aromatic rings. The zero-order valence-corrected chi connectivity index (χ0v) is 13.9. The van der Waals surface area contributed by atoms with Crippen molar-refractivity contribution >= 4 is 5.96 Å². The highest BCUT2D eigenvalue weighted by Gasteiger charge is 2.20. The van der Waals surface area contributed by atoms with Gasteiger partial charge in [0.2, 0.25) is 0 Å². The molecule has 0 radical (unpaired) electrons. The lowest BCUT2D eigenvalue weighted by molar-refractivity contribution is 0.276. The number of hydrogen-bond donors (Lipinski definition) is 1. The monoisotopic (exact) mass is 302 g/mol. The van der Waals surface area contributed by atoms with Gasteiger partial charge in [-0.25, -0.2) is 0 Å². The van der Waals surface area contributed by atoms with Gasteiger partial charge in [-0.1, -0.05) is 18.2 Å². The van der Waals surface area contributed by atoms with Crippen LogP contribution in [0.15, 0.2) is 47.2 Å². The molecule has 0 spiro atoms. The number of ether oxygens (including phenoxy) is 1. The Morgan fingerprint density at radius 2 is 2.05 bits per heavy atom. The Labute approximate surface area is 133 Å². The maximum atomic E-state index is 5.73. The average molecular weight is 302 g/mol. The van der Waals surface area contributed by atoms with Crippen LogP contribution in [-0.4, -0.2) is 56.1 Å². The van der Waals surface area contributed by atoms with Crippen molar-refractivity contribution in [2.45, 2.75) is 19.4 Å². The van der Waals surface area contributed by atoms with Gasteiger partial charge < -0.3 is 19.9 Å². The molecule has 0 amide bonds. The van der Waals surface area contributed by atoms with E-state index in [2.05, 4.69) is 40.2 Å². The summed E-state index contributed by atoms with van der Waals surface area (Å²) in [4.78, 5) is 8.62. The Morgan fingerprint density at radius 3 is 2.73 bits per heavy atom. The first kappa shape index (κ1) is 16.2. The van der Waals surface area contributed by atoms with Crippen LogP contribution in [0.2, 0.25) is 0 Å². The third kappa shape index (κ3) is 4.16. The second-order valence-corrected chi connectivity index (χ2v) is 5.51. The standard InChI is InChI=1S/C17H26N4O/c1-14-13-16(19-17(18-2)21(14)4)20(3)11-8-12-22-15-9-6-5-7-10-15/h5-7,9-10,13-14H,8,11-12H2,1-4H3,(H,18,19). The van der Waals surface area contributed by atoms with Crippen LogP contribution in [-0.2, 0) is 0 Å². The van der Waals surface area contributed by atoms with Crippen LogP contribution in [0.4, 0.5) is 0 Å². The fourth-order valence-corrected chi connectivity index (χ4v) is 2.34. The largest absolute Gasteiger partial charge is 0.494 e. The lowest BCUT2D eigenvalue weighted by Gasteiger charge is -2.36. The van der Waals surface area contributed by atoms with Crippen molar-refractivity contribution in [3.05, 3.63) is 42.2 Å². The quantitative estimate of drug-likeness (QED) is 0.817. The summed E-state index contributed by atoms with van der Waals surface area (Å²) < 4.78 is 5.73. The van der Waals surface area contributed by atoms with Gasteiger partial charge >= 0.3 is 0 Å². The maximum Gasteiger partial charge on any atom is 0.199 e. The highest BCUT2D eigenvalue weighted by atomic mass is 16.5. The lowest BCUT2D eigenvalue weighted by Crippen LogP contribution is -2.50. The smallest absolute Gasteiger partial charge is 0.199 e. The highest BCUT2D eigenvalue weighted by molar-refractivity contribution is 5.82. The van der Waals surface area contributed by atoms with Gasteiger partial charge in [-0.3, -0.25) is 4.99 Å². The van der Waals surface area contributed by atoms with Gasteiger partial charge in [0.1, 0.15) is 11.6 Å². The molecule has 0 aliphatic carbocycles. The number of aliphatic imine (C=N–C) groups is 1. The summed E-state index contributed by atoms with van der Waals surface area (Å²) in [5.41, 5.74) is 0. The van der Waals surface area contributed by atoms with Crippen LogP contribution in [0.5, 0.6) is 5.75 Å². The number of likely N-dealkylation sites (N-methyl/N-ethyl adjacent to an activating group) is 1. The van der Waals surface area contributed by atoms with Crippen molar-refractivity contribution in [2.75, 3.05) is 34.3 Å². The first-order valence-electron chi connectivity index (χ1n) is 7.69. The summed E-state index contributed by atoms with van der Waals surface area (Å²) in [5.74, 6) is 2.93. The van der Waals surface area contributed by atoms with Crippen molar-refractivity contribution in [2.24, 2.45) is 4.99 Å². The van der Waals surface area contributed by atoms with E-state index < -0.39 is 0 Å². The van der Waals surface area contributed by atoms with E-state index in [0.29, 0.717) is 12.6 Å². The van der Waals surface area contributed by atoms with Crippen molar-refractivity contribution in [1.82, 2.24) is 15.1 Å². The molecule has 0 aromatic heterocycles. The molecule has 22 heavy (non-hydrogen) atoms. The minimum atomic E-state index is 0.331. The summed E-state index contributed by atoms with van der Waals surface area (Å²) in [5, 5.41) is 3.36. The van der Waals surface area contributed by atoms with Gasteiger partial charge in [-0.15, -0.1) is 0 Å². The minimum Gasteiger partial charge on any atom is -0.494 e. The van der Waals surface area contributed by atoms with Crippen molar-refractivity contribution in [3.63, 3.8) is 0 Å². The van der Waals surface area contributed by atoms with Gasteiger partial charge in [-0.05, 0) is 31.6 Å². The van der Waals surface area contributed by atoms with Crippen LogP contribution < -0.4 is 10.1 Å². The number of benzene rings is 1. The topological polar surface area (TPSA) is 40.1 Å². The van der Waals surface area contributed by atoms with Crippen LogP contribution in [0.3, 0.4) is 0 Å². The number of nitrogens with zero attached hydrogens (tertiary/aromatic N) is 3. The summed E-state index contributed by atoms with van der Waals surface area (Å²) in [6, 6.07) is 10.3. The van der Waals surface area contributed by atoms with E-state index in [1.54, 1.807) is 0 Å². The predicted molar refractivity (Wildman–Crippen MR) is 91.0 cm³/mol. The second kappa shape index (κ2) is 7.73. The van der Waals surface area contributed by atoms with E-state index in [0.717, 1.165) is 30.5 Å². The molecular weight excluding hydrogens is 276 g/mol. The molecule has 1 aliphatic rings. The maximum absolute atomic E-state index is 5.73. The molecule has 1 heterocycles. The molecule has 0 bridgehead atoms. The molecule has 1 unspecified atom stereocenters. The normalized spacial score (nSPS) is 19.6. The molecular formula is C17H26N4O. The molecule has 1 aliphatic heterocycles. The van der Waals surface area contributed by atoms with Crippen LogP contribution in [0.25, 0.3) is 0 Å². The van der Waals surface area contributed by atoms with Gasteiger partial charge in [0.05, 0.1) is 12.6 Å². The summed E-state index contributed by atoms with van der Waals surface area (Å²) in [7, 11) is 5.94. The number of para-hydroxylation sites is 1. The molecule has 2 rings (SSSR count). The molecule has 5 heteroatoms. The van der Waals surface area contributed by atoms with Gasteiger partial charge in [-0.2, -0.15) is 0 Å². The molecule has 120 valence electrons. The van der Waals surface area contributed by atoms with E-state index in [1.807, 2.05) is 44.4 Å². The Hall–Kier alpha value is -2.17. The van der Waals surface area contributed by atoms with E-state index in [9.17, 15) is 0 Å². The number of hydrogen-bond acceptors (Lipinski definition) is 3. The Balaban J connectivity index is 1.80. The third-order valence-electron chi connectivity index (χ3n) is 3.86. The highest BCUT2D eigenvalue weighted by Crippen LogP contribution is 2.12. The van der Waals surface area contributed by atoms with Crippen LogP contribution in [0.1, 0.15) is 13.3 Å². The third-order valence-corrected chi connectivity index (χ3v) is 3.86. The van der Waals surface area contributed by atoms with Crippen molar-refractivity contribution < 1.29 is 4.74 Å². The van der Waals surface area contributed by atoms with Crippen molar-refractivity contribution in [3.8, 4) is 5.75 Å². The van der Waals surface area contributed by atoms with Gasteiger partial charge in [0.25, 0.3) is 0 Å². The zero-order chi connectivity index (χ0) is 15.9. The molecule has 0 saturated heterocycles. The molecule has 1 aromatic carbocycles.